The van der Waals surface area contributed by atoms with Gasteiger partial charge in [0.25, 0.3) is 4.84 Å². The minimum atomic E-state index is 0.237. The Balaban J connectivity index is 2.50. The summed E-state index contributed by atoms with van der Waals surface area (Å²) in [6.07, 6.45) is 0. The van der Waals surface area contributed by atoms with Gasteiger partial charge in [-0.2, -0.15) is 0 Å². The van der Waals surface area contributed by atoms with Crippen LogP contribution in [0.3, 0.4) is 0 Å². The number of ether oxygens (including phenoxy) is 1. The first-order chi connectivity index (χ1) is 7.20. The average Bonchev–Trinajstić information content (AvgIpc) is 2.66. The standard InChI is InChI=1S/C9H9N3O2S/c1-13-7-4-5(2-3-6(7)10)8-11-12-9(15)14-8/h2-4H,10H2,1H3,(H,12,15). The second-order valence-electron chi connectivity index (χ2n) is 2.88. The number of aromatic amines is 1. The fraction of sp³-hybridized carbons (Fsp3) is 0.111. The maximum absolute atomic E-state index is 5.68. The molecule has 0 saturated carbocycles. The maximum Gasteiger partial charge on any atom is 0.284 e. The molecule has 0 aliphatic heterocycles. The molecule has 0 spiro atoms. The fourth-order valence-electron chi connectivity index (χ4n) is 1.20. The lowest BCUT2D eigenvalue weighted by Gasteiger charge is -2.04. The van der Waals surface area contributed by atoms with Crippen LogP contribution in [0.1, 0.15) is 0 Å². The van der Waals surface area contributed by atoms with E-state index in [1.165, 1.54) is 0 Å². The van der Waals surface area contributed by atoms with Crippen LogP contribution in [0.4, 0.5) is 5.69 Å². The number of anilines is 1. The molecule has 5 nitrogen and oxygen atoms in total. The van der Waals surface area contributed by atoms with Gasteiger partial charge in [-0.3, -0.25) is 0 Å². The molecule has 2 aromatic rings. The fourth-order valence-corrected chi connectivity index (χ4v) is 1.32. The van der Waals surface area contributed by atoms with Crippen LogP contribution in [0.5, 0.6) is 5.75 Å². The molecule has 2 rings (SSSR count). The Morgan fingerprint density at radius 3 is 2.93 bits per heavy atom. The summed E-state index contributed by atoms with van der Waals surface area (Å²) in [6, 6.07) is 5.25. The highest BCUT2D eigenvalue weighted by molar-refractivity contribution is 7.71. The summed E-state index contributed by atoms with van der Waals surface area (Å²) in [6.45, 7) is 0. The molecule has 6 heteroatoms. The largest absolute Gasteiger partial charge is 0.495 e. The molecule has 0 bridgehead atoms. The number of rotatable bonds is 2. The number of hydrogen-bond acceptors (Lipinski definition) is 5. The van der Waals surface area contributed by atoms with Gasteiger partial charge in [0, 0.05) is 5.56 Å². The number of nitrogen functional groups attached to an aromatic ring is 1. The van der Waals surface area contributed by atoms with Crippen molar-refractivity contribution in [2.75, 3.05) is 12.8 Å². The Bertz CT molecular complexity index is 532. The van der Waals surface area contributed by atoms with Gasteiger partial charge in [0.05, 0.1) is 12.8 Å². The first-order valence-electron chi connectivity index (χ1n) is 4.20. The van der Waals surface area contributed by atoms with E-state index in [2.05, 4.69) is 10.2 Å². The van der Waals surface area contributed by atoms with E-state index in [4.69, 9.17) is 27.1 Å². The van der Waals surface area contributed by atoms with Crippen LogP contribution in [0.25, 0.3) is 11.5 Å². The topological polar surface area (TPSA) is 77.1 Å². The van der Waals surface area contributed by atoms with Crippen molar-refractivity contribution in [1.82, 2.24) is 10.2 Å². The average molecular weight is 223 g/mol. The summed E-state index contributed by atoms with van der Waals surface area (Å²) in [7, 11) is 1.55. The summed E-state index contributed by atoms with van der Waals surface area (Å²) in [4.78, 5) is 0.237. The van der Waals surface area contributed by atoms with Crippen LogP contribution in [0, 0.1) is 4.84 Å². The van der Waals surface area contributed by atoms with Gasteiger partial charge in [-0.1, -0.05) is 0 Å². The van der Waals surface area contributed by atoms with Crippen molar-refractivity contribution in [1.29, 1.82) is 0 Å². The van der Waals surface area contributed by atoms with Crippen molar-refractivity contribution in [3.8, 4) is 17.2 Å². The van der Waals surface area contributed by atoms with Crippen LogP contribution >= 0.6 is 12.2 Å². The van der Waals surface area contributed by atoms with E-state index in [0.29, 0.717) is 17.3 Å². The van der Waals surface area contributed by atoms with Crippen LogP contribution in [-0.2, 0) is 0 Å². The van der Waals surface area contributed by atoms with Gasteiger partial charge in [-0.05, 0) is 30.4 Å². The predicted octanol–water partition coefficient (Wildman–Crippen LogP) is 1.99. The van der Waals surface area contributed by atoms with Crippen molar-refractivity contribution in [3.05, 3.63) is 23.0 Å². The summed E-state index contributed by atoms with van der Waals surface area (Å²) < 4.78 is 10.2. The highest BCUT2D eigenvalue weighted by Crippen LogP contribution is 2.27. The maximum atomic E-state index is 5.68. The highest BCUT2D eigenvalue weighted by atomic mass is 32.1. The van der Waals surface area contributed by atoms with Crippen LogP contribution in [-0.4, -0.2) is 17.3 Å². The molecule has 0 unspecified atom stereocenters. The molecule has 1 aromatic heterocycles. The number of methoxy groups -OCH3 is 1. The minimum Gasteiger partial charge on any atom is -0.495 e. The van der Waals surface area contributed by atoms with Crippen LogP contribution in [0.2, 0.25) is 0 Å². The van der Waals surface area contributed by atoms with E-state index in [0.717, 1.165) is 5.56 Å². The molecular formula is C9H9N3O2S. The van der Waals surface area contributed by atoms with Crippen molar-refractivity contribution in [2.45, 2.75) is 0 Å². The number of nitrogens with one attached hydrogen (secondary N) is 1. The van der Waals surface area contributed by atoms with Gasteiger partial charge in [0.15, 0.2) is 0 Å². The van der Waals surface area contributed by atoms with Gasteiger partial charge in [-0.15, -0.1) is 5.10 Å². The second-order valence-corrected chi connectivity index (χ2v) is 3.25. The van der Waals surface area contributed by atoms with Gasteiger partial charge in [-0.25, -0.2) is 5.10 Å². The Labute approximate surface area is 90.9 Å². The third-order valence-electron chi connectivity index (χ3n) is 1.92. The van der Waals surface area contributed by atoms with E-state index < -0.39 is 0 Å². The lowest BCUT2D eigenvalue weighted by Crippen LogP contribution is -1.92. The van der Waals surface area contributed by atoms with Crippen molar-refractivity contribution in [3.63, 3.8) is 0 Å². The van der Waals surface area contributed by atoms with Gasteiger partial charge < -0.3 is 14.9 Å². The number of hydrogen-bond donors (Lipinski definition) is 2. The molecular weight excluding hydrogens is 214 g/mol. The first-order valence-corrected chi connectivity index (χ1v) is 4.61. The quantitative estimate of drug-likeness (QED) is 0.601. The number of aromatic nitrogens is 2. The van der Waals surface area contributed by atoms with Crippen molar-refractivity contribution < 1.29 is 9.15 Å². The zero-order valence-electron chi connectivity index (χ0n) is 7.98. The zero-order chi connectivity index (χ0) is 10.8. The number of H-pyrrole nitrogens is 1. The number of nitrogens with two attached hydrogens (primary N) is 1. The van der Waals surface area contributed by atoms with Crippen LogP contribution in [0.15, 0.2) is 22.6 Å². The molecule has 0 saturated heterocycles. The Kier molecular flexibility index (Phi) is 2.42. The van der Waals surface area contributed by atoms with Gasteiger partial charge in [0.1, 0.15) is 5.75 Å². The van der Waals surface area contributed by atoms with E-state index in [9.17, 15) is 0 Å². The lowest BCUT2D eigenvalue weighted by molar-refractivity contribution is 0.417. The molecule has 0 aliphatic rings. The molecule has 1 heterocycles. The van der Waals surface area contributed by atoms with E-state index in [1.807, 2.05) is 0 Å². The number of benzene rings is 1. The van der Waals surface area contributed by atoms with E-state index in [1.54, 1.807) is 25.3 Å². The first kappa shape index (κ1) is 9.72. The second kappa shape index (κ2) is 3.74. The summed E-state index contributed by atoms with van der Waals surface area (Å²) >= 11 is 4.78. The van der Waals surface area contributed by atoms with E-state index in [-0.39, 0.29) is 4.84 Å². The number of nitrogens with zero attached hydrogens (tertiary/aromatic N) is 1. The summed E-state index contributed by atoms with van der Waals surface area (Å²) in [5, 5.41) is 6.44. The molecule has 3 N–H and O–H groups in total. The Morgan fingerprint density at radius 1 is 1.53 bits per heavy atom. The van der Waals surface area contributed by atoms with Gasteiger partial charge in [0.2, 0.25) is 5.89 Å². The van der Waals surface area contributed by atoms with Crippen LogP contribution < -0.4 is 10.5 Å². The SMILES string of the molecule is COc1cc(-c2n[nH]c(=S)o2)ccc1N. The molecule has 78 valence electrons. The van der Waals surface area contributed by atoms with Gasteiger partial charge >= 0.3 is 0 Å². The zero-order valence-corrected chi connectivity index (χ0v) is 8.80. The molecule has 0 atom stereocenters. The molecule has 0 amide bonds. The normalized spacial score (nSPS) is 10.2. The van der Waals surface area contributed by atoms with Crippen molar-refractivity contribution in [2.24, 2.45) is 0 Å². The Hall–Kier alpha value is -1.82. The predicted molar refractivity (Wildman–Crippen MR) is 58.1 cm³/mol. The summed E-state index contributed by atoms with van der Waals surface area (Å²) in [5.41, 5.74) is 7.00. The van der Waals surface area contributed by atoms with Crippen molar-refractivity contribution >= 4 is 17.9 Å². The molecule has 0 radical (unpaired) electrons. The Morgan fingerprint density at radius 2 is 2.33 bits per heavy atom. The monoisotopic (exact) mass is 223 g/mol. The highest BCUT2D eigenvalue weighted by Gasteiger charge is 2.07. The molecule has 15 heavy (non-hydrogen) atoms. The third-order valence-corrected chi connectivity index (χ3v) is 2.09. The molecule has 0 aliphatic carbocycles. The molecule has 1 aromatic carbocycles. The third kappa shape index (κ3) is 1.84. The smallest absolute Gasteiger partial charge is 0.284 e. The molecule has 0 fully saturated rings. The van der Waals surface area contributed by atoms with E-state index >= 15 is 0 Å². The summed E-state index contributed by atoms with van der Waals surface area (Å²) in [5.74, 6) is 0.995. The minimum absolute atomic E-state index is 0.237. The lowest BCUT2D eigenvalue weighted by atomic mass is 10.2.